The Morgan fingerprint density at radius 2 is 1.15 bits per heavy atom. The van der Waals surface area contributed by atoms with Gasteiger partial charge in [-0.05, 0) is 47.2 Å². The first-order valence-corrected chi connectivity index (χ1v) is 6.76. The number of hydrogen-bond donors (Lipinski definition) is 0. The van der Waals surface area contributed by atoms with E-state index in [-0.39, 0.29) is 0 Å². The summed E-state index contributed by atoms with van der Waals surface area (Å²) in [4.78, 5) is 0. The molecular formula is C20H20. The van der Waals surface area contributed by atoms with Crippen LogP contribution in [-0.2, 0) is 6.42 Å². The van der Waals surface area contributed by atoms with Crippen LogP contribution in [0.3, 0.4) is 0 Å². The van der Waals surface area contributed by atoms with Crippen LogP contribution in [0.5, 0.6) is 0 Å². The van der Waals surface area contributed by atoms with Gasteiger partial charge in [-0.3, -0.25) is 0 Å². The highest BCUT2D eigenvalue weighted by atomic mass is 14.1. The third-order valence-corrected chi connectivity index (χ3v) is 3.31. The average molecular weight is 260 g/mol. The van der Waals surface area contributed by atoms with Crippen molar-refractivity contribution in [3.8, 4) is 0 Å². The Morgan fingerprint density at radius 3 is 1.65 bits per heavy atom. The van der Waals surface area contributed by atoms with Gasteiger partial charge in [0, 0.05) is 0 Å². The van der Waals surface area contributed by atoms with Crippen molar-refractivity contribution in [3.63, 3.8) is 0 Å². The molecule has 0 saturated carbocycles. The predicted molar refractivity (Wildman–Crippen MR) is 90.7 cm³/mol. The van der Waals surface area contributed by atoms with Crippen LogP contribution in [0.2, 0.25) is 0 Å². The molecule has 0 heteroatoms. The zero-order chi connectivity index (χ0) is 14.5. The Kier molecular flexibility index (Phi) is 4.37. The zero-order valence-corrected chi connectivity index (χ0v) is 12.0. The minimum atomic E-state index is 0.908. The Hall–Kier alpha value is -2.34. The molecule has 0 amide bonds. The molecule has 0 heterocycles. The lowest BCUT2D eigenvalue weighted by molar-refractivity contribution is 1.17. The molecule has 0 saturated heterocycles. The van der Waals surface area contributed by atoms with E-state index in [0.717, 1.165) is 17.5 Å². The maximum absolute atomic E-state index is 3.85. The first-order valence-electron chi connectivity index (χ1n) is 6.76. The van der Waals surface area contributed by atoms with Gasteiger partial charge in [-0.2, -0.15) is 0 Å². The monoisotopic (exact) mass is 260 g/mol. The largest absolute Gasteiger partial charge is 0.0985 e. The van der Waals surface area contributed by atoms with E-state index in [2.05, 4.69) is 63.1 Å². The Labute approximate surface area is 121 Å². The second kappa shape index (κ2) is 6.21. The lowest BCUT2D eigenvalue weighted by Gasteiger charge is -2.08. The average Bonchev–Trinajstić information content (AvgIpc) is 2.46. The molecule has 0 N–H and O–H groups in total. The van der Waals surface area contributed by atoms with Crippen LogP contribution in [0.15, 0.2) is 56.1 Å². The maximum Gasteiger partial charge on any atom is -0.00250 e. The molecule has 0 fully saturated rings. The van der Waals surface area contributed by atoms with Gasteiger partial charge in [-0.25, -0.2) is 0 Å². The quantitative estimate of drug-likeness (QED) is 0.664. The normalized spacial score (nSPS) is 10.1. The van der Waals surface area contributed by atoms with Gasteiger partial charge < -0.3 is 0 Å². The molecular weight excluding hydrogens is 240 g/mol. The summed E-state index contributed by atoms with van der Waals surface area (Å²) in [6.45, 7) is 13.7. The van der Waals surface area contributed by atoms with Crippen molar-refractivity contribution >= 4 is 18.2 Å². The fraction of sp³-hybridized carbons (Fsp3) is 0.100. The lowest BCUT2D eigenvalue weighted by Crippen LogP contribution is -1.92. The van der Waals surface area contributed by atoms with Gasteiger partial charge in [0.05, 0.1) is 0 Å². The van der Waals surface area contributed by atoms with Gasteiger partial charge in [-0.15, -0.1) is 0 Å². The van der Waals surface area contributed by atoms with E-state index in [9.17, 15) is 0 Å². The third-order valence-electron chi connectivity index (χ3n) is 3.31. The van der Waals surface area contributed by atoms with Crippen LogP contribution in [0.25, 0.3) is 18.2 Å². The number of aryl methyl sites for hydroxylation is 1. The van der Waals surface area contributed by atoms with E-state index >= 15 is 0 Å². The standard InChI is InChI=1S/C20H20/c1-5-16-8-15(4)9-19(11-16)14-20-12-17(6-2)10-18(7-3)13-20/h5-13H,1-3,14H2,4H3. The minimum Gasteiger partial charge on any atom is -0.0985 e. The van der Waals surface area contributed by atoms with E-state index in [1.54, 1.807) is 0 Å². The van der Waals surface area contributed by atoms with Crippen molar-refractivity contribution in [1.82, 2.24) is 0 Å². The van der Waals surface area contributed by atoms with Gasteiger partial charge in [0.2, 0.25) is 0 Å². The molecule has 2 aromatic carbocycles. The van der Waals surface area contributed by atoms with Gasteiger partial charge in [0.15, 0.2) is 0 Å². The summed E-state index contributed by atoms with van der Waals surface area (Å²) in [7, 11) is 0. The van der Waals surface area contributed by atoms with E-state index in [4.69, 9.17) is 0 Å². The molecule has 0 unspecified atom stereocenters. The molecule has 2 aromatic rings. The Morgan fingerprint density at radius 1 is 0.700 bits per heavy atom. The van der Waals surface area contributed by atoms with Gasteiger partial charge >= 0.3 is 0 Å². The van der Waals surface area contributed by atoms with Crippen LogP contribution in [0.1, 0.15) is 33.4 Å². The molecule has 0 aromatic heterocycles. The number of hydrogen-bond acceptors (Lipinski definition) is 0. The van der Waals surface area contributed by atoms with Crippen molar-refractivity contribution in [3.05, 3.63) is 89.5 Å². The van der Waals surface area contributed by atoms with E-state index < -0.39 is 0 Å². The summed E-state index contributed by atoms with van der Waals surface area (Å²) in [5.74, 6) is 0. The van der Waals surface area contributed by atoms with Crippen molar-refractivity contribution in [1.29, 1.82) is 0 Å². The van der Waals surface area contributed by atoms with Crippen molar-refractivity contribution in [2.24, 2.45) is 0 Å². The molecule has 0 radical (unpaired) electrons. The molecule has 0 aliphatic rings. The minimum absolute atomic E-state index is 0.908. The summed E-state index contributed by atoms with van der Waals surface area (Å²) in [6.07, 6.45) is 6.56. The maximum atomic E-state index is 3.85. The molecule has 20 heavy (non-hydrogen) atoms. The molecule has 0 aliphatic carbocycles. The van der Waals surface area contributed by atoms with Crippen molar-refractivity contribution < 1.29 is 0 Å². The second-order valence-electron chi connectivity index (χ2n) is 5.05. The van der Waals surface area contributed by atoms with E-state index in [0.29, 0.717) is 0 Å². The van der Waals surface area contributed by atoms with Crippen molar-refractivity contribution in [2.75, 3.05) is 0 Å². The van der Waals surface area contributed by atoms with Crippen molar-refractivity contribution in [2.45, 2.75) is 13.3 Å². The molecule has 2 rings (SSSR count). The van der Waals surface area contributed by atoms with Crippen LogP contribution >= 0.6 is 0 Å². The molecule has 0 aliphatic heterocycles. The highest BCUT2D eigenvalue weighted by Crippen LogP contribution is 2.18. The van der Waals surface area contributed by atoms with Gasteiger partial charge in [0.1, 0.15) is 0 Å². The molecule has 100 valence electrons. The third kappa shape index (κ3) is 3.36. The molecule has 0 nitrogen and oxygen atoms in total. The SMILES string of the molecule is C=Cc1cc(C)cc(Cc2cc(C=C)cc(C=C)c2)c1. The fourth-order valence-electron chi connectivity index (χ4n) is 2.43. The fourth-order valence-corrected chi connectivity index (χ4v) is 2.43. The summed E-state index contributed by atoms with van der Waals surface area (Å²) in [5.41, 5.74) is 7.28. The number of rotatable bonds is 5. The highest BCUT2D eigenvalue weighted by Gasteiger charge is 2.02. The van der Waals surface area contributed by atoms with Crippen LogP contribution < -0.4 is 0 Å². The van der Waals surface area contributed by atoms with Gasteiger partial charge in [-0.1, -0.05) is 73.9 Å². The first-order chi connectivity index (χ1) is 9.64. The number of benzene rings is 2. The molecule has 0 bridgehead atoms. The van der Waals surface area contributed by atoms with Crippen LogP contribution in [0.4, 0.5) is 0 Å². The predicted octanol–water partition coefficient (Wildman–Crippen LogP) is 5.51. The zero-order valence-electron chi connectivity index (χ0n) is 12.0. The van der Waals surface area contributed by atoms with E-state index in [1.807, 2.05) is 18.2 Å². The smallest absolute Gasteiger partial charge is 0.00250 e. The first kappa shape index (κ1) is 14.1. The molecule has 0 spiro atoms. The lowest BCUT2D eigenvalue weighted by atomic mass is 9.97. The van der Waals surface area contributed by atoms with Crippen LogP contribution in [0, 0.1) is 6.92 Å². The van der Waals surface area contributed by atoms with Gasteiger partial charge in [0.25, 0.3) is 0 Å². The van der Waals surface area contributed by atoms with E-state index in [1.165, 1.54) is 22.3 Å². The Balaban J connectivity index is 2.38. The molecule has 0 atom stereocenters. The Bertz CT molecular complexity index is 633. The summed E-state index contributed by atoms with van der Waals surface area (Å²) in [5, 5.41) is 0. The second-order valence-corrected chi connectivity index (χ2v) is 5.05. The highest BCUT2D eigenvalue weighted by molar-refractivity contribution is 5.58. The summed E-state index contributed by atoms with van der Waals surface area (Å²) >= 11 is 0. The van der Waals surface area contributed by atoms with Crippen LogP contribution in [-0.4, -0.2) is 0 Å². The summed E-state index contributed by atoms with van der Waals surface area (Å²) in [6, 6.07) is 13.0. The summed E-state index contributed by atoms with van der Waals surface area (Å²) < 4.78 is 0. The topological polar surface area (TPSA) is 0 Å².